The van der Waals surface area contributed by atoms with E-state index in [2.05, 4.69) is 19.9 Å². The third-order valence-electron chi connectivity index (χ3n) is 5.55. The Labute approximate surface area is 194 Å². The van der Waals surface area contributed by atoms with Crippen molar-refractivity contribution in [1.82, 2.24) is 24.8 Å². The van der Waals surface area contributed by atoms with Crippen LogP contribution >= 0.6 is 11.3 Å². The Morgan fingerprint density at radius 2 is 1.79 bits per heavy atom. The average molecular weight is 468 g/mol. The van der Waals surface area contributed by atoms with Gasteiger partial charge in [0.15, 0.2) is 11.5 Å². The Morgan fingerprint density at radius 1 is 1.09 bits per heavy atom. The number of H-pyrrole nitrogens is 1. The number of aryl methyl sites for hydroxylation is 3. The molecule has 4 aromatic rings. The fourth-order valence-electron chi connectivity index (χ4n) is 3.92. The summed E-state index contributed by atoms with van der Waals surface area (Å²) in [5.41, 5.74) is 1.89. The zero-order valence-electron chi connectivity index (χ0n) is 19.4. The molecule has 0 radical (unpaired) electrons. The van der Waals surface area contributed by atoms with Crippen LogP contribution in [-0.2, 0) is 6.54 Å². The summed E-state index contributed by atoms with van der Waals surface area (Å²) in [7, 11) is 3.03. The molecule has 0 aliphatic carbocycles. The summed E-state index contributed by atoms with van der Waals surface area (Å²) >= 11 is 1.36. The number of thiophene rings is 1. The quantitative estimate of drug-likeness (QED) is 0.462. The van der Waals surface area contributed by atoms with Crippen LogP contribution in [0.4, 0.5) is 0 Å². The van der Waals surface area contributed by atoms with Gasteiger partial charge in [-0.05, 0) is 39.3 Å². The summed E-state index contributed by atoms with van der Waals surface area (Å²) in [6.45, 7) is 8.18. The molecular formula is C23H25N5O4S. The Morgan fingerprint density at radius 3 is 2.45 bits per heavy atom. The van der Waals surface area contributed by atoms with Gasteiger partial charge in [0, 0.05) is 23.7 Å². The van der Waals surface area contributed by atoms with Crippen LogP contribution in [0.15, 0.2) is 16.9 Å². The van der Waals surface area contributed by atoms with Gasteiger partial charge in [0.1, 0.15) is 16.5 Å². The van der Waals surface area contributed by atoms with Crippen molar-refractivity contribution in [1.29, 1.82) is 0 Å². The number of carbonyl (C=O) groups excluding carboxylic acids is 1. The van der Waals surface area contributed by atoms with Crippen molar-refractivity contribution in [3.63, 3.8) is 0 Å². The number of rotatable bonds is 6. The third-order valence-corrected chi connectivity index (χ3v) is 6.72. The first-order chi connectivity index (χ1) is 15.8. The minimum atomic E-state index is -0.307. The number of aromatic nitrogens is 4. The highest BCUT2D eigenvalue weighted by Crippen LogP contribution is 2.33. The predicted octanol–water partition coefficient (Wildman–Crippen LogP) is 3.53. The molecule has 0 unspecified atom stereocenters. The molecule has 4 rings (SSSR count). The number of amides is 1. The number of methoxy groups -OCH3 is 2. The highest BCUT2D eigenvalue weighted by atomic mass is 32.1. The van der Waals surface area contributed by atoms with Gasteiger partial charge in [-0.3, -0.25) is 9.59 Å². The van der Waals surface area contributed by atoms with E-state index in [4.69, 9.17) is 9.47 Å². The van der Waals surface area contributed by atoms with Gasteiger partial charge >= 0.3 is 0 Å². The van der Waals surface area contributed by atoms with Gasteiger partial charge in [0.05, 0.1) is 36.5 Å². The minimum absolute atomic E-state index is 0.134. The van der Waals surface area contributed by atoms with Crippen LogP contribution in [0.1, 0.15) is 39.5 Å². The number of aromatic amines is 1. The molecule has 33 heavy (non-hydrogen) atoms. The topological polar surface area (TPSA) is 110 Å². The summed E-state index contributed by atoms with van der Waals surface area (Å²) in [6.07, 6.45) is 0. The van der Waals surface area contributed by atoms with Crippen LogP contribution in [-0.4, -0.2) is 51.5 Å². The van der Waals surface area contributed by atoms with Crippen molar-refractivity contribution in [2.45, 2.75) is 34.2 Å². The normalized spacial score (nSPS) is 11.2. The fourth-order valence-corrected chi connectivity index (χ4v) is 5.16. The first-order valence-corrected chi connectivity index (χ1v) is 11.3. The molecule has 0 fully saturated rings. The van der Waals surface area contributed by atoms with Crippen LogP contribution in [0.3, 0.4) is 0 Å². The molecule has 0 spiro atoms. The molecule has 3 aromatic heterocycles. The zero-order valence-corrected chi connectivity index (χ0v) is 20.2. The maximum absolute atomic E-state index is 13.4. The van der Waals surface area contributed by atoms with E-state index in [1.54, 1.807) is 17.0 Å². The molecule has 3 heterocycles. The summed E-state index contributed by atoms with van der Waals surface area (Å²) in [5, 5.41) is 1.30. The van der Waals surface area contributed by atoms with Crippen molar-refractivity contribution in [2.24, 2.45) is 0 Å². The van der Waals surface area contributed by atoms with Crippen molar-refractivity contribution < 1.29 is 14.3 Å². The Hall–Kier alpha value is -3.53. The van der Waals surface area contributed by atoms with Gasteiger partial charge in [0.2, 0.25) is 0 Å². The maximum Gasteiger partial charge on any atom is 0.264 e. The van der Waals surface area contributed by atoms with E-state index in [9.17, 15) is 9.59 Å². The van der Waals surface area contributed by atoms with Gasteiger partial charge in [-0.2, -0.15) is 0 Å². The molecule has 172 valence electrons. The fraction of sp³-hybridized carbons (Fsp3) is 0.348. The molecule has 1 N–H and O–H groups in total. The van der Waals surface area contributed by atoms with E-state index in [0.717, 1.165) is 21.5 Å². The molecular weight excluding hydrogens is 442 g/mol. The monoisotopic (exact) mass is 467 g/mol. The summed E-state index contributed by atoms with van der Waals surface area (Å²) in [4.78, 5) is 45.5. The number of nitrogens with zero attached hydrogens (tertiary/aromatic N) is 4. The van der Waals surface area contributed by atoms with Crippen molar-refractivity contribution in [2.75, 3.05) is 20.8 Å². The van der Waals surface area contributed by atoms with Crippen LogP contribution in [0, 0.1) is 20.8 Å². The van der Waals surface area contributed by atoms with E-state index in [1.807, 2.05) is 27.7 Å². The first kappa shape index (κ1) is 22.7. The first-order valence-electron chi connectivity index (χ1n) is 10.5. The number of hydrogen-bond acceptors (Lipinski definition) is 8. The standard InChI is InChI=1S/C23H25N5O4S/c1-7-28(23(30)20-11(2)19-12(3)24-13(4)25-22(19)33-20)10-18-26-15-9-17(32-6)16(31-5)8-14(15)21(29)27-18/h8-9H,7,10H2,1-6H3,(H,26,27,29). The molecule has 1 aromatic carbocycles. The maximum atomic E-state index is 13.4. The second-order valence-electron chi connectivity index (χ2n) is 7.65. The number of benzene rings is 1. The second kappa shape index (κ2) is 8.78. The van der Waals surface area contributed by atoms with Crippen molar-refractivity contribution >= 4 is 38.4 Å². The van der Waals surface area contributed by atoms with E-state index in [1.165, 1.54) is 25.6 Å². The number of carbonyl (C=O) groups is 1. The van der Waals surface area contributed by atoms with Gasteiger partial charge in [-0.25, -0.2) is 15.0 Å². The van der Waals surface area contributed by atoms with Gasteiger partial charge < -0.3 is 19.4 Å². The van der Waals surface area contributed by atoms with Gasteiger partial charge in [-0.15, -0.1) is 11.3 Å². The van der Waals surface area contributed by atoms with Gasteiger partial charge in [-0.1, -0.05) is 0 Å². The summed E-state index contributed by atoms with van der Waals surface area (Å²) in [6, 6.07) is 3.25. The summed E-state index contributed by atoms with van der Waals surface area (Å²) in [5.74, 6) is 1.86. The Kier molecular flexibility index (Phi) is 6.03. The molecule has 10 heteroatoms. The van der Waals surface area contributed by atoms with E-state index >= 15 is 0 Å². The van der Waals surface area contributed by atoms with Crippen molar-refractivity contribution in [3.8, 4) is 11.5 Å². The van der Waals surface area contributed by atoms with E-state index in [-0.39, 0.29) is 18.0 Å². The lowest BCUT2D eigenvalue weighted by molar-refractivity contribution is 0.0753. The molecule has 1 amide bonds. The molecule has 0 saturated carbocycles. The molecule has 0 bridgehead atoms. The number of hydrogen-bond donors (Lipinski definition) is 1. The SMILES string of the molecule is CCN(Cc1nc2cc(OC)c(OC)cc2c(=O)[nH]1)C(=O)c1sc2nc(C)nc(C)c2c1C. The molecule has 9 nitrogen and oxygen atoms in total. The number of fused-ring (bicyclic) bond motifs is 2. The lowest BCUT2D eigenvalue weighted by atomic mass is 10.1. The predicted molar refractivity (Wildman–Crippen MR) is 128 cm³/mol. The van der Waals surface area contributed by atoms with Gasteiger partial charge in [0.25, 0.3) is 11.5 Å². The Bertz CT molecular complexity index is 1440. The third kappa shape index (κ3) is 4.02. The smallest absolute Gasteiger partial charge is 0.264 e. The largest absolute Gasteiger partial charge is 0.493 e. The highest BCUT2D eigenvalue weighted by molar-refractivity contribution is 7.20. The average Bonchev–Trinajstić information content (AvgIpc) is 3.12. The summed E-state index contributed by atoms with van der Waals surface area (Å²) < 4.78 is 10.6. The molecule has 0 aliphatic rings. The van der Waals surface area contributed by atoms with E-state index in [0.29, 0.717) is 45.5 Å². The molecule has 0 saturated heterocycles. The lowest BCUT2D eigenvalue weighted by Gasteiger charge is -2.20. The highest BCUT2D eigenvalue weighted by Gasteiger charge is 2.23. The lowest BCUT2D eigenvalue weighted by Crippen LogP contribution is -2.31. The van der Waals surface area contributed by atoms with Crippen LogP contribution in [0.5, 0.6) is 11.5 Å². The van der Waals surface area contributed by atoms with Crippen LogP contribution in [0.25, 0.3) is 21.1 Å². The Balaban J connectivity index is 1.71. The van der Waals surface area contributed by atoms with Crippen molar-refractivity contribution in [3.05, 3.63) is 50.3 Å². The molecule has 0 aliphatic heterocycles. The van der Waals surface area contributed by atoms with Crippen LogP contribution < -0.4 is 15.0 Å². The van der Waals surface area contributed by atoms with E-state index < -0.39 is 0 Å². The molecule has 0 atom stereocenters. The zero-order chi connectivity index (χ0) is 23.9. The minimum Gasteiger partial charge on any atom is -0.493 e. The number of nitrogens with one attached hydrogen (secondary N) is 1. The van der Waals surface area contributed by atoms with Crippen LogP contribution in [0.2, 0.25) is 0 Å². The number of ether oxygens (including phenoxy) is 2. The second-order valence-corrected chi connectivity index (χ2v) is 8.65.